The zero-order valence-electron chi connectivity index (χ0n) is 17.9. The summed E-state index contributed by atoms with van der Waals surface area (Å²) in [5, 5.41) is 19.4. The van der Waals surface area contributed by atoms with E-state index in [2.05, 4.69) is 29.0 Å². The van der Waals surface area contributed by atoms with Crippen LogP contribution in [0.4, 0.5) is 4.39 Å². The van der Waals surface area contributed by atoms with E-state index in [9.17, 15) is 9.50 Å². The van der Waals surface area contributed by atoms with E-state index in [1.807, 2.05) is 19.1 Å². The first-order valence-corrected chi connectivity index (χ1v) is 11.2. The number of pyridine rings is 1. The summed E-state index contributed by atoms with van der Waals surface area (Å²) in [5.41, 5.74) is 9.00. The number of aromatic nitrogens is 3. The molecule has 6 nitrogen and oxygen atoms in total. The maximum Gasteiger partial charge on any atom is 0.165 e. The number of aliphatic hydroxyl groups is 1. The van der Waals surface area contributed by atoms with Crippen molar-refractivity contribution in [3.8, 4) is 26.9 Å². The summed E-state index contributed by atoms with van der Waals surface area (Å²) in [7, 11) is 0. The highest BCUT2D eigenvalue weighted by atomic mass is 35.5. The highest BCUT2D eigenvalue weighted by Crippen LogP contribution is 2.37. The van der Waals surface area contributed by atoms with E-state index in [-0.39, 0.29) is 17.4 Å². The smallest absolute Gasteiger partial charge is 0.165 e. The van der Waals surface area contributed by atoms with Crippen molar-refractivity contribution in [2.45, 2.75) is 46.3 Å². The Hall–Kier alpha value is -2.13. The molecular formula is C22H26ClFN4O2S. The average Bonchev–Trinajstić information content (AvgIpc) is 3.17. The molecule has 0 spiro atoms. The lowest BCUT2D eigenvalue weighted by Gasteiger charge is -2.16. The fourth-order valence-electron chi connectivity index (χ4n) is 2.96. The van der Waals surface area contributed by atoms with Gasteiger partial charge in [-0.1, -0.05) is 36.8 Å². The van der Waals surface area contributed by atoms with Gasteiger partial charge in [0, 0.05) is 28.6 Å². The highest BCUT2D eigenvalue weighted by molar-refractivity contribution is 7.18. The monoisotopic (exact) mass is 464 g/mol. The molecule has 3 rings (SSSR count). The number of aliphatic hydroxyl groups excluding tert-OH is 1. The fraction of sp³-hybridized carbons (Fsp3) is 0.409. The van der Waals surface area contributed by atoms with E-state index in [1.54, 1.807) is 6.92 Å². The molecule has 3 aromatic rings. The molecule has 0 saturated heterocycles. The SMILES string of the molecule is Cc1cc(-c2nnc(-c3cc(F)c(OC[C@H](N)[C@@H](C)O)cc3Cl)s2)cc(CC(C)C)n1. The molecule has 166 valence electrons. The minimum atomic E-state index is -0.768. The molecule has 0 radical (unpaired) electrons. The number of nitrogens with two attached hydrogens (primary N) is 1. The normalized spacial score (nSPS) is 13.5. The van der Waals surface area contributed by atoms with Crippen LogP contribution >= 0.6 is 22.9 Å². The van der Waals surface area contributed by atoms with E-state index in [4.69, 9.17) is 22.1 Å². The second-order valence-corrected chi connectivity index (χ2v) is 9.36. The molecule has 0 amide bonds. The number of benzene rings is 1. The van der Waals surface area contributed by atoms with Crippen molar-refractivity contribution >= 4 is 22.9 Å². The van der Waals surface area contributed by atoms with Crippen LogP contribution in [0.5, 0.6) is 5.75 Å². The van der Waals surface area contributed by atoms with E-state index in [0.717, 1.165) is 23.4 Å². The second-order valence-electron chi connectivity index (χ2n) is 7.98. The molecule has 2 aromatic heterocycles. The van der Waals surface area contributed by atoms with Gasteiger partial charge in [-0.05, 0) is 44.4 Å². The molecule has 0 fully saturated rings. The van der Waals surface area contributed by atoms with Crippen LogP contribution in [-0.4, -0.2) is 39.0 Å². The first kappa shape index (κ1) is 23.5. The third kappa shape index (κ3) is 5.98. The predicted molar refractivity (Wildman–Crippen MR) is 122 cm³/mol. The zero-order chi connectivity index (χ0) is 22.7. The van der Waals surface area contributed by atoms with Gasteiger partial charge in [-0.2, -0.15) is 0 Å². The molecule has 2 atom stereocenters. The van der Waals surface area contributed by atoms with Crippen molar-refractivity contribution in [3.63, 3.8) is 0 Å². The Balaban J connectivity index is 1.86. The summed E-state index contributed by atoms with van der Waals surface area (Å²) in [6, 6.07) is 6.01. The van der Waals surface area contributed by atoms with Gasteiger partial charge in [0.05, 0.1) is 17.2 Å². The number of ether oxygens (including phenoxy) is 1. The molecule has 31 heavy (non-hydrogen) atoms. The van der Waals surface area contributed by atoms with Gasteiger partial charge in [-0.3, -0.25) is 4.98 Å². The van der Waals surface area contributed by atoms with Gasteiger partial charge in [0.1, 0.15) is 16.6 Å². The van der Waals surface area contributed by atoms with Gasteiger partial charge in [0.15, 0.2) is 11.6 Å². The largest absolute Gasteiger partial charge is 0.489 e. The third-order valence-electron chi connectivity index (χ3n) is 4.60. The zero-order valence-corrected chi connectivity index (χ0v) is 19.5. The van der Waals surface area contributed by atoms with Crippen LogP contribution in [-0.2, 0) is 6.42 Å². The first-order chi connectivity index (χ1) is 14.6. The van der Waals surface area contributed by atoms with E-state index in [1.165, 1.54) is 23.5 Å². The molecule has 0 bridgehead atoms. The Morgan fingerprint density at radius 3 is 2.55 bits per heavy atom. The van der Waals surface area contributed by atoms with Crippen LogP contribution in [0.3, 0.4) is 0 Å². The fourth-order valence-corrected chi connectivity index (χ4v) is 4.12. The second kappa shape index (κ2) is 9.99. The molecule has 1 aromatic carbocycles. The van der Waals surface area contributed by atoms with Crippen LogP contribution in [0.25, 0.3) is 21.1 Å². The quantitative estimate of drug-likeness (QED) is 0.503. The van der Waals surface area contributed by atoms with Crippen LogP contribution in [0.1, 0.15) is 32.2 Å². The number of aryl methyl sites for hydroxylation is 1. The minimum Gasteiger partial charge on any atom is -0.489 e. The third-order valence-corrected chi connectivity index (χ3v) is 5.92. The Morgan fingerprint density at radius 2 is 1.87 bits per heavy atom. The van der Waals surface area contributed by atoms with Gasteiger partial charge in [-0.15, -0.1) is 10.2 Å². The molecule has 0 aliphatic heterocycles. The van der Waals surface area contributed by atoms with Crippen molar-refractivity contribution in [1.82, 2.24) is 15.2 Å². The molecule has 0 aliphatic rings. The van der Waals surface area contributed by atoms with Gasteiger partial charge in [-0.25, -0.2) is 4.39 Å². The van der Waals surface area contributed by atoms with Gasteiger partial charge < -0.3 is 15.6 Å². The lowest BCUT2D eigenvalue weighted by atomic mass is 10.1. The molecule has 3 N–H and O–H groups in total. The Kier molecular flexibility index (Phi) is 7.59. The van der Waals surface area contributed by atoms with Crippen LogP contribution in [0.2, 0.25) is 5.02 Å². The number of hydrogen-bond acceptors (Lipinski definition) is 7. The molecule has 2 heterocycles. The summed E-state index contributed by atoms with van der Waals surface area (Å²) in [6.07, 6.45) is 0.105. The van der Waals surface area contributed by atoms with Gasteiger partial charge >= 0.3 is 0 Å². The summed E-state index contributed by atoms with van der Waals surface area (Å²) < 4.78 is 20.0. The van der Waals surface area contributed by atoms with E-state index < -0.39 is 18.0 Å². The molecular weight excluding hydrogens is 439 g/mol. The van der Waals surface area contributed by atoms with Crippen LogP contribution in [0.15, 0.2) is 24.3 Å². The maximum absolute atomic E-state index is 14.6. The molecule has 0 aliphatic carbocycles. The van der Waals surface area contributed by atoms with Crippen LogP contribution in [0, 0.1) is 18.7 Å². The topological polar surface area (TPSA) is 94.2 Å². The summed E-state index contributed by atoms with van der Waals surface area (Å²) in [5.74, 6) is -0.129. The number of halogens is 2. The Labute approximate surface area is 190 Å². The minimum absolute atomic E-state index is 0.0299. The molecule has 0 saturated carbocycles. The van der Waals surface area contributed by atoms with Crippen molar-refractivity contribution in [2.75, 3.05) is 6.61 Å². The number of nitrogens with zero attached hydrogens (tertiary/aromatic N) is 3. The number of hydrogen-bond donors (Lipinski definition) is 2. The number of rotatable bonds is 8. The molecule has 9 heteroatoms. The maximum atomic E-state index is 14.6. The highest BCUT2D eigenvalue weighted by Gasteiger charge is 2.18. The Bertz CT molecular complexity index is 1060. The first-order valence-electron chi connectivity index (χ1n) is 10.0. The van der Waals surface area contributed by atoms with Crippen LogP contribution < -0.4 is 10.5 Å². The van der Waals surface area contributed by atoms with Crippen molar-refractivity contribution in [2.24, 2.45) is 11.7 Å². The average molecular weight is 465 g/mol. The van der Waals surface area contributed by atoms with E-state index >= 15 is 0 Å². The van der Waals surface area contributed by atoms with Crippen molar-refractivity contribution in [3.05, 3.63) is 46.5 Å². The Morgan fingerprint density at radius 1 is 1.16 bits per heavy atom. The standard InChI is InChI=1S/C22H26ClFN4O2S/c1-11(2)5-15-7-14(6-12(3)26-15)21-27-28-22(31-21)16-8-18(24)20(9-17(16)23)30-10-19(25)13(4)29/h6-9,11,13,19,29H,5,10,25H2,1-4H3/t13-,19+/m1/s1. The van der Waals surface area contributed by atoms with Crippen molar-refractivity contribution < 1.29 is 14.2 Å². The predicted octanol–water partition coefficient (Wildman–Crippen LogP) is 4.65. The summed E-state index contributed by atoms with van der Waals surface area (Å²) >= 11 is 7.71. The summed E-state index contributed by atoms with van der Waals surface area (Å²) in [4.78, 5) is 4.59. The summed E-state index contributed by atoms with van der Waals surface area (Å²) in [6.45, 7) is 7.75. The van der Waals surface area contributed by atoms with Gasteiger partial charge in [0.2, 0.25) is 0 Å². The van der Waals surface area contributed by atoms with Crippen molar-refractivity contribution in [1.29, 1.82) is 0 Å². The lowest BCUT2D eigenvalue weighted by Crippen LogP contribution is -2.38. The van der Waals surface area contributed by atoms with E-state index in [0.29, 0.717) is 21.5 Å². The molecule has 0 unspecified atom stereocenters. The lowest BCUT2D eigenvalue weighted by molar-refractivity contribution is 0.129. The van der Waals surface area contributed by atoms with Gasteiger partial charge in [0.25, 0.3) is 0 Å².